The van der Waals surface area contributed by atoms with Crippen LogP contribution in [0.4, 0.5) is 0 Å². The van der Waals surface area contributed by atoms with Gasteiger partial charge in [-0.15, -0.1) is 0 Å². The van der Waals surface area contributed by atoms with Gasteiger partial charge in [0.25, 0.3) is 5.91 Å². The Labute approximate surface area is 122 Å². The Morgan fingerprint density at radius 1 is 1.50 bits per heavy atom. The lowest BCUT2D eigenvalue weighted by Gasteiger charge is -2.30. The van der Waals surface area contributed by atoms with E-state index in [1.165, 1.54) is 0 Å². The van der Waals surface area contributed by atoms with Gasteiger partial charge in [0.1, 0.15) is 5.75 Å². The maximum absolute atomic E-state index is 12.2. The first-order valence-corrected chi connectivity index (χ1v) is 6.90. The van der Waals surface area contributed by atoms with Crippen LogP contribution in [0.5, 0.6) is 5.75 Å². The zero-order chi connectivity index (χ0) is 14.8. The monoisotopic (exact) mass is 299 g/mol. The average molecular weight is 300 g/mol. The maximum atomic E-state index is 12.2. The molecule has 110 valence electrons. The number of nitrogens with one attached hydrogen (secondary N) is 1. The molecular weight excluding hydrogens is 282 g/mol. The van der Waals surface area contributed by atoms with Crippen LogP contribution in [-0.4, -0.2) is 41.0 Å². The number of benzene rings is 1. The molecule has 3 N–H and O–H groups in total. The number of carbonyl (C=O) groups excluding carboxylic acids is 1. The van der Waals surface area contributed by atoms with Gasteiger partial charge in [0.05, 0.1) is 18.8 Å². The quantitative estimate of drug-likeness (QED) is 0.754. The first kappa shape index (κ1) is 15.1. The predicted octanol–water partition coefficient (Wildman–Crippen LogP) is 0.893. The van der Waals surface area contributed by atoms with Crippen molar-refractivity contribution < 1.29 is 19.7 Å². The van der Waals surface area contributed by atoms with Gasteiger partial charge in [0.15, 0.2) is 6.10 Å². The fourth-order valence-electron chi connectivity index (χ4n) is 2.15. The topological polar surface area (TPSA) is 78.8 Å². The molecule has 0 spiro atoms. The van der Waals surface area contributed by atoms with Crippen molar-refractivity contribution in [3.8, 4) is 5.75 Å². The molecule has 0 saturated carbocycles. The molecule has 1 aliphatic rings. The summed E-state index contributed by atoms with van der Waals surface area (Å²) in [6.45, 7) is 1.14. The van der Waals surface area contributed by atoms with Gasteiger partial charge in [0.2, 0.25) is 0 Å². The number of fused-ring (bicyclic) bond motifs is 1. The van der Waals surface area contributed by atoms with Crippen LogP contribution in [0.1, 0.15) is 18.9 Å². The third-order valence-electron chi connectivity index (χ3n) is 3.66. The SMILES string of the molecule is CCC(CO)(CO)NC(=O)C1Cc2cc(Cl)ccc2O1. The summed E-state index contributed by atoms with van der Waals surface area (Å²) in [5, 5.41) is 22.0. The summed E-state index contributed by atoms with van der Waals surface area (Å²) < 4.78 is 5.57. The smallest absolute Gasteiger partial charge is 0.262 e. The second kappa shape index (κ2) is 5.99. The fourth-order valence-corrected chi connectivity index (χ4v) is 2.34. The molecule has 1 unspecified atom stereocenters. The van der Waals surface area contributed by atoms with E-state index in [-0.39, 0.29) is 19.1 Å². The number of amides is 1. The van der Waals surface area contributed by atoms with Crippen molar-refractivity contribution in [2.24, 2.45) is 0 Å². The molecule has 6 heteroatoms. The molecule has 1 aromatic rings. The third-order valence-corrected chi connectivity index (χ3v) is 3.90. The molecule has 0 aliphatic carbocycles. The Morgan fingerprint density at radius 3 is 2.80 bits per heavy atom. The minimum absolute atomic E-state index is 0.322. The van der Waals surface area contributed by atoms with Gasteiger partial charge < -0.3 is 20.3 Å². The van der Waals surface area contributed by atoms with Crippen molar-refractivity contribution in [3.05, 3.63) is 28.8 Å². The summed E-state index contributed by atoms with van der Waals surface area (Å²) in [4.78, 5) is 12.2. The van der Waals surface area contributed by atoms with Gasteiger partial charge in [-0.05, 0) is 30.2 Å². The Morgan fingerprint density at radius 2 is 2.20 bits per heavy atom. The summed E-state index contributed by atoms with van der Waals surface area (Å²) in [5.41, 5.74) is -0.125. The molecular formula is C14H18ClNO4. The van der Waals surface area contributed by atoms with E-state index in [4.69, 9.17) is 16.3 Å². The van der Waals surface area contributed by atoms with Crippen LogP contribution < -0.4 is 10.1 Å². The fraction of sp³-hybridized carbons (Fsp3) is 0.500. The van der Waals surface area contributed by atoms with Crippen LogP contribution in [0.15, 0.2) is 18.2 Å². The molecule has 0 fully saturated rings. The number of hydrogen-bond donors (Lipinski definition) is 3. The van der Waals surface area contributed by atoms with E-state index in [1.54, 1.807) is 25.1 Å². The van der Waals surface area contributed by atoms with E-state index < -0.39 is 11.6 Å². The van der Waals surface area contributed by atoms with Crippen molar-refractivity contribution >= 4 is 17.5 Å². The van der Waals surface area contributed by atoms with E-state index in [0.29, 0.717) is 23.6 Å². The number of halogens is 1. The molecule has 20 heavy (non-hydrogen) atoms. The van der Waals surface area contributed by atoms with Gasteiger partial charge in [-0.2, -0.15) is 0 Å². The molecule has 0 saturated heterocycles. The van der Waals surface area contributed by atoms with Crippen molar-refractivity contribution in [1.29, 1.82) is 0 Å². The van der Waals surface area contributed by atoms with Gasteiger partial charge in [-0.1, -0.05) is 18.5 Å². The Bertz CT molecular complexity index is 494. The predicted molar refractivity (Wildman–Crippen MR) is 74.9 cm³/mol. The van der Waals surface area contributed by atoms with Crippen molar-refractivity contribution in [1.82, 2.24) is 5.32 Å². The maximum Gasteiger partial charge on any atom is 0.262 e. The number of ether oxygens (including phenoxy) is 1. The largest absolute Gasteiger partial charge is 0.480 e. The molecule has 1 aromatic carbocycles. The lowest BCUT2D eigenvalue weighted by molar-refractivity contribution is -0.130. The Balaban J connectivity index is 2.06. The van der Waals surface area contributed by atoms with E-state index in [1.807, 2.05) is 0 Å². The highest BCUT2D eigenvalue weighted by Crippen LogP contribution is 2.31. The molecule has 5 nitrogen and oxygen atoms in total. The first-order chi connectivity index (χ1) is 9.53. The summed E-state index contributed by atoms with van der Waals surface area (Å²) in [5.74, 6) is 0.298. The van der Waals surface area contributed by atoms with E-state index in [0.717, 1.165) is 5.56 Å². The van der Waals surface area contributed by atoms with Crippen LogP contribution >= 0.6 is 11.6 Å². The van der Waals surface area contributed by atoms with E-state index in [9.17, 15) is 15.0 Å². The van der Waals surface area contributed by atoms with Gasteiger partial charge in [-0.3, -0.25) is 4.79 Å². The third kappa shape index (κ3) is 2.90. The van der Waals surface area contributed by atoms with Crippen LogP contribution in [0.25, 0.3) is 0 Å². The van der Waals surface area contributed by atoms with E-state index in [2.05, 4.69) is 5.32 Å². The van der Waals surface area contributed by atoms with Gasteiger partial charge in [-0.25, -0.2) is 0 Å². The summed E-state index contributed by atoms with van der Waals surface area (Å²) in [6.07, 6.45) is 0.197. The molecule has 1 atom stereocenters. The molecule has 1 amide bonds. The number of carbonyl (C=O) groups is 1. The van der Waals surface area contributed by atoms with E-state index >= 15 is 0 Å². The lowest BCUT2D eigenvalue weighted by atomic mass is 9.97. The highest BCUT2D eigenvalue weighted by atomic mass is 35.5. The highest BCUT2D eigenvalue weighted by Gasteiger charge is 2.35. The van der Waals surface area contributed by atoms with Crippen molar-refractivity contribution in [3.63, 3.8) is 0 Å². The molecule has 1 heterocycles. The first-order valence-electron chi connectivity index (χ1n) is 6.52. The second-order valence-corrected chi connectivity index (χ2v) is 5.44. The number of rotatable bonds is 5. The van der Waals surface area contributed by atoms with Crippen molar-refractivity contribution in [2.75, 3.05) is 13.2 Å². The number of hydrogen-bond acceptors (Lipinski definition) is 4. The zero-order valence-electron chi connectivity index (χ0n) is 11.2. The highest BCUT2D eigenvalue weighted by molar-refractivity contribution is 6.30. The molecule has 1 aliphatic heterocycles. The average Bonchev–Trinajstić information content (AvgIpc) is 2.88. The van der Waals surface area contributed by atoms with Crippen LogP contribution in [-0.2, 0) is 11.2 Å². The molecule has 0 radical (unpaired) electrons. The zero-order valence-corrected chi connectivity index (χ0v) is 12.0. The molecule has 0 aromatic heterocycles. The van der Waals surface area contributed by atoms with Gasteiger partial charge in [0, 0.05) is 11.4 Å². The lowest BCUT2D eigenvalue weighted by Crippen LogP contribution is -2.57. The van der Waals surface area contributed by atoms with Gasteiger partial charge >= 0.3 is 0 Å². The van der Waals surface area contributed by atoms with Crippen LogP contribution in [0.3, 0.4) is 0 Å². The minimum atomic E-state index is -1.01. The Hall–Kier alpha value is -1.30. The summed E-state index contributed by atoms with van der Waals surface area (Å²) in [7, 11) is 0. The summed E-state index contributed by atoms with van der Waals surface area (Å²) in [6, 6.07) is 5.21. The van der Waals surface area contributed by atoms with Crippen LogP contribution in [0, 0.1) is 0 Å². The standard InChI is InChI=1S/C14H18ClNO4/c1-2-14(7-17,8-18)16-13(19)12-6-9-5-10(15)3-4-11(9)20-12/h3-5,12,17-18H,2,6-8H2,1H3,(H,16,19). The second-order valence-electron chi connectivity index (χ2n) is 5.00. The number of aliphatic hydroxyl groups is 2. The normalized spacial score (nSPS) is 17.5. The minimum Gasteiger partial charge on any atom is -0.480 e. The van der Waals surface area contributed by atoms with Crippen molar-refractivity contribution in [2.45, 2.75) is 31.4 Å². The molecule has 2 rings (SSSR count). The van der Waals surface area contributed by atoms with Crippen LogP contribution in [0.2, 0.25) is 5.02 Å². The molecule has 0 bridgehead atoms. The summed E-state index contributed by atoms with van der Waals surface area (Å²) >= 11 is 5.90. The number of aliphatic hydroxyl groups excluding tert-OH is 2. The Kier molecular flexibility index (Phi) is 4.52.